The van der Waals surface area contributed by atoms with Gasteiger partial charge < -0.3 is 9.73 Å². The molecule has 1 aromatic heterocycles. The zero-order valence-electron chi connectivity index (χ0n) is 9.39. The highest BCUT2D eigenvalue weighted by atomic mass is 32.2. The first-order valence-electron chi connectivity index (χ1n) is 5.77. The standard InChI is InChI=1S/C12H14N2O2S/c15-17(8-9-5-6-13-7-9)12-14-10-3-1-2-4-11(10)16-12/h1-4,9,13H,5-8H2. The lowest BCUT2D eigenvalue weighted by molar-refractivity contribution is 0.475. The van der Waals surface area contributed by atoms with Crippen LogP contribution in [0, 0.1) is 5.92 Å². The number of para-hydroxylation sites is 2. The third kappa shape index (κ3) is 2.25. The molecule has 1 aromatic carbocycles. The van der Waals surface area contributed by atoms with Gasteiger partial charge in [0.1, 0.15) is 16.3 Å². The first-order valence-corrected chi connectivity index (χ1v) is 7.09. The summed E-state index contributed by atoms with van der Waals surface area (Å²) >= 11 is 0. The van der Waals surface area contributed by atoms with Gasteiger partial charge in [-0.3, -0.25) is 0 Å². The second-order valence-corrected chi connectivity index (χ2v) is 5.69. The highest BCUT2D eigenvalue weighted by Gasteiger charge is 2.21. The third-order valence-corrected chi connectivity index (χ3v) is 4.36. The second-order valence-electron chi connectivity index (χ2n) is 4.32. The van der Waals surface area contributed by atoms with Crippen LogP contribution in [0.3, 0.4) is 0 Å². The van der Waals surface area contributed by atoms with Gasteiger partial charge in [0.25, 0.3) is 5.22 Å². The highest BCUT2D eigenvalue weighted by Crippen LogP contribution is 2.19. The summed E-state index contributed by atoms with van der Waals surface area (Å²) in [5.41, 5.74) is 1.49. The predicted molar refractivity (Wildman–Crippen MR) is 66.3 cm³/mol. The van der Waals surface area contributed by atoms with Gasteiger partial charge in [-0.15, -0.1) is 0 Å². The number of benzene rings is 1. The van der Waals surface area contributed by atoms with Crippen LogP contribution in [-0.4, -0.2) is 28.0 Å². The Morgan fingerprint density at radius 2 is 2.35 bits per heavy atom. The van der Waals surface area contributed by atoms with E-state index in [-0.39, 0.29) is 0 Å². The molecule has 90 valence electrons. The number of oxazole rings is 1. The van der Waals surface area contributed by atoms with E-state index in [0.717, 1.165) is 25.0 Å². The van der Waals surface area contributed by atoms with E-state index >= 15 is 0 Å². The van der Waals surface area contributed by atoms with Gasteiger partial charge in [-0.1, -0.05) is 12.1 Å². The first kappa shape index (κ1) is 10.9. The van der Waals surface area contributed by atoms with E-state index in [1.54, 1.807) is 0 Å². The Bertz CT molecular complexity index is 513. The normalized spacial score (nSPS) is 22.0. The van der Waals surface area contributed by atoms with E-state index in [0.29, 0.717) is 22.5 Å². The number of fused-ring (bicyclic) bond motifs is 1. The average Bonchev–Trinajstić information content (AvgIpc) is 2.96. The fourth-order valence-corrected chi connectivity index (χ4v) is 3.33. The number of rotatable bonds is 3. The van der Waals surface area contributed by atoms with E-state index in [4.69, 9.17) is 4.42 Å². The molecule has 2 atom stereocenters. The van der Waals surface area contributed by atoms with E-state index in [2.05, 4.69) is 10.3 Å². The summed E-state index contributed by atoms with van der Waals surface area (Å²) < 4.78 is 17.6. The number of hydrogen-bond acceptors (Lipinski definition) is 4. The van der Waals surface area contributed by atoms with Gasteiger partial charge in [-0.2, -0.15) is 0 Å². The molecular weight excluding hydrogens is 236 g/mol. The summed E-state index contributed by atoms with van der Waals surface area (Å²) in [6, 6.07) is 7.51. The fraction of sp³-hybridized carbons (Fsp3) is 0.417. The van der Waals surface area contributed by atoms with Gasteiger partial charge in [0.2, 0.25) is 0 Å². The fourth-order valence-electron chi connectivity index (χ4n) is 2.09. The maximum absolute atomic E-state index is 12.1. The highest BCUT2D eigenvalue weighted by molar-refractivity contribution is 7.84. The Kier molecular flexibility index (Phi) is 2.94. The van der Waals surface area contributed by atoms with Crippen LogP contribution in [0.5, 0.6) is 0 Å². The summed E-state index contributed by atoms with van der Waals surface area (Å²) in [6.07, 6.45) is 1.09. The first-order chi connectivity index (χ1) is 8.33. The molecule has 1 aliphatic heterocycles. The van der Waals surface area contributed by atoms with Crippen LogP contribution < -0.4 is 5.32 Å². The Balaban J connectivity index is 1.80. The maximum atomic E-state index is 12.1. The summed E-state index contributed by atoms with van der Waals surface area (Å²) in [7, 11) is -1.12. The maximum Gasteiger partial charge on any atom is 0.287 e. The third-order valence-electron chi connectivity index (χ3n) is 3.02. The predicted octanol–water partition coefficient (Wildman–Crippen LogP) is 1.54. The number of hydrogen-bond donors (Lipinski definition) is 1. The minimum absolute atomic E-state index is 0.359. The van der Waals surface area contributed by atoms with Crippen molar-refractivity contribution in [3.8, 4) is 0 Å². The average molecular weight is 250 g/mol. The van der Waals surface area contributed by atoms with Crippen molar-refractivity contribution >= 4 is 21.9 Å². The van der Waals surface area contributed by atoms with E-state index in [1.807, 2.05) is 24.3 Å². The lowest BCUT2D eigenvalue weighted by Crippen LogP contribution is -2.15. The Morgan fingerprint density at radius 1 is 1.47 bits per heavy atom. The van der Waals surface area contributed by atoms with Gasteiger partial charge in [0.05, 0.1) is 0 Å². The van der Waals surface area contributed by atoms with Crippen molar-refractivity contribution in [3.63, 3.8) is 0 Å². The Hall–Kier alpha value is -1.20. The molecule has 3 rings (SSSR count). The number of aromatic nitrogens is 1. The van der Waals surface area contributed by atoms with Crippen LogP contribution in [0.2, 0.25) is 0 Å². The largest absolute Gasteiger partial charge is 0.430 e. The second kappa shape index (κ2) is 4.58. The molecule has 5 heteroatoms. The van der Waals surface area contributed by atoms with Crippen molar-refractivity contribution in [1.82, 2.24) is 10.3 Å². The van der Waals surface area contributed by atoms with Crippen LogP contribution in [0.4, 0.5) is 0 Å². The quantitative estimate of drug-likeness (QED) is 0.898. The molecule has 1 fully saturated rings. The van der Waals surface area contributed by atoms with Gasteiger partial charge in [-0.05, 0) is 37.6 Å². The molecule has 1 N–H and O–H groups in total. The molecule has 0 spiro atoms. The summed E-state index contributed by atoms with van der Waals surface area (Å²) in [5.74, 6) is 1.12. The number of nitrogens with one attached hydrogen (secondary N) is 1. The van der Waals surface area contributed by atoms with Crippen LogP contribution in [-0.2, 0) is 10.8 Å². The summed E-state index contributed by atoms with van der Waals surface area (Å²) in [6.45, 7) is 1.97. The zero-order valence-corrected chi connectivity index (χ0v) is 10.2. The van der Waals surface area contributed by atoms with Crippen molar-refractivity contribution in [3.05, 3.63) is 24.3 Å². The molecule has 0 amide bonds. The van der Waals surface area contributed by atoms with Crippen molar-refractivity contribution in [2.45, 2.75) is 11.6 Å². The van der Waals surface area contributed by atoms with Crippen LogP contribution in [0.15, 0.2) is 33.9 Å². The lowest BCUT2D eigenvalue weighted by Gasteiger charge is -2.04. The molecule has 0 bridgehead atoms. The van der Waals surface area contributed by atoms with Crippen LogP contribution in [0.25, 0.3) is 11.1 Å². The minimum atomic E-state index is -1.12. The Morgan fingerprint density at radius 3 is 3.12 bits per heavy atom. The molecule has 1 aliphatic rings. The van der Waals surface area contributed by atoms with Gasteiger partial charge in [-0.25, -0.2) is 9.19 Å². The SMILES string of the molecule is O=S(CC1CCNC1)c1nc2ccccc2o1. The molecule has 0 aliphatic carbocycles. The minimum Gasteiger partial charge on any atom is -0.430 e. The molecule has 1 saturated heterocycles. The molecule has 4 nitrogen and oxygen atoms in total. The van der Waals surface area contributed by atoms with Crippen LogP contribution in [0.1, 0.15) is 6.42 Å². The molecule has 0 saturated carbocycles. The van der Waals surface area contributed by atoms with Crippen LogP contribution >= 0.6 is 0 Å². The smallest absolute Gasteiger partial charge is 0.287 e. The van der Waals surface area contributed by atoms with E-state index < -0.39 is 10.8 Å². The van der Waals surface area contributed by atoms with Gasteiger partial charge in [0.15, 0.2) is 5.58 Å². The van der Waals surface area contributed by atoms with Gasteiger partial charge >= 0.3 is 0 Å². The molecule has 17 heavy (non-hydrogen) atoms. The molecule has 2 aromatic rings. The zero-order chi connectivity index (χ0) is 11.7. The topological polar surface area (TPSA) is 55.1 Å². The summed E-state index contributed by atoms with van der Waals surface area (Å²) in [5, 5.41) is 3.63. The Labute approximate surface area is 102 Å². The molecule has 2 unspecified atom stereocenters. The lowest BCUT2D eigenvalue weighted by atomic mass is 10.2. The van der Waals surface area contributed by atoms with E-state index in [9.17, 15) is 4.21 Å². The van der Waals surface area contributed by atoms with Gasteiger partial charge in [0, 0.05) is 5.75 Å². The molecular formula is C12H14N2O2S. The van der Waals surface area contributed by atoms with Crippen molar-refractivity contribution in [2.24, 2.45) is 5.92 Å². The molecule has 2 heterocycles. The summed E-state index contributed by atoms with van der Waals surface area (Å²) in [4.78, 5) is 4.27. The van der Waals surface area contributed by atoms with Crippen molar-refractivity contribution < 1.29 is 8.63 Å². The monoisotopic (exact) mass is 250 g/mol. The molecule has 0 radical (unpaired) electrons. The van der Waals surface area contributed by atoms with Crippen molar-refractivity contribution in [1.29, 1.82) is 0 Å². The number of nitrogens with zero attached hydrogens (tertiary/aromatic N) is 1. The van der Waals surface area contributed by atoms with Crippen molar-refractivity contribution in [2.75, 3.05) is 18.8 Å². The van der Waals surface area contributed by atoms with E-state index in [1.165, 1.54) is 0 Å².